The lowest BCUT2D eigenvalue weighted by Gasteiger charge is -2.20. The number of nitrogens with zero attached hydrogens (tertiary/aromatic N) is 2. The van der Waals surface area contributed by atoms with E-state index in [9.17, 15) is 0 Å². The minimum atomic E-state index is 0.202. The average molecular weight is 269 g/mol. The third-order valence-corrected chi connectivity index (χ3v) is 3.57. The molecule has 3 nitrogen and oxygen atoms in total. The minimum absolute atomic E-state index is 0.202. The number of rotatable bonds is 4. The van der Waals surface area contributed by atoms with Crippen LogP contribution >= 0.6 is 0 Å². The quantitative estimate of drug-likeness (QED) is 0.925. The standard InChI is InChI=1S/C17H23N3/c1-17(2,3)14-7-5-13(6-8-14)11-16(18-4)15-9-10-19-12-20-15/h5-10,12,16,18H,11H2,1-4H3. The molecule has 1 aromatic carbocycles. The molecular formula is C17H23N3. The van der Waals surface area contributed by atoms with Crippen molar-refractivity contribution >= 4 is 0 Å². The molecule has 0 aliphatic heterocycles. The summed E-state index contributed by atoms with van der Waals surface area (Å²) in [5.41, 5.74) is 3.91. The summed E-state index contributed by atoms with van der Waals surface area (Å²) < 4.78 is 0. The molecule has 1 atom stereocenters. The topological polar surface area (TPSA) is 37.8 Å². The Kier molecular flexibility index (Phi) is 4.50. The van der Waals surface area contributed by atoms with Crippen LogP contribution in [0, 0.1) is 0 Å². The Morgan fingerprint density at radius 2 is 1.80 bits per heavy atom. The van der Waals surface area contributed by atoms with Gasteiger partial charge in [0.25, 0.3) is 0 Å². The van der Waals surface area contributed by atoms with Crippen LogP contribution in [0.4, 0.5) is 0 Å². The molecular weight excluding hydrogens is 246 g/mol. The van der Waals surface area contributed by atoms with Crippen LogP contribution in [0.25, 0.3) is 0 Å². The molecule has 2 rings (SSSR count). The van der Waals surface area contributed by atoms with Gasteiger partial charge in [0.05, 0.1) is 11.7 Å². The SMILES string of the molecule is CNC(Cc1ccc(C(C)(C)C)cc1)c1ccncn1. The summed E-state index contributed by atoms with van der Waals surface area (Å²) >= 11 is 0. The molecule has 1 aromatic heterocycles. The van der Waals surface area contributed by atoms with Gasteiger partial charge in [-0.25, -0.2) is 9.97 Å². The van der Waals surface area contributed by atoms with E-state index in [1.165, 1.54) is 11.1 Å². The van der Waals surface area contributed by atoms with Crippen LogP contribution in [0.2, 0.25) is 0 Å². The molecule has 0 aliphatic carbocycles. The molecule has 0 aliphatic rings. The number of aromatic nitrogens is 2. The Balaban J connectivity index is 2.13. The summed E-state index contributed by atoms with van der Waals surface area (Å²) in [5.74, 6) is 0. The van der Waals surface area contributed by atoms with Gasteiger partial charge < -0.3 is 5.32 Å². The van der Waals surface area contributed by atoms with Gasteiger partial charge in [0.2, 0.25) is 0 Å². The van der Waals surface area contributed by atoms with Crippen molar-refractivity contribution in [2.75, 3.05) is 7.05 Å². The van der Waals surface area contributed by atoms with Crippen molar-refractivity contribution in [3.63, 3.8) is 0 Å². The van der Waals surface area contributed by atoms with Gasteiger partial charge in [-0.2, -0.15) is 0 Å². The maximum absolute atomic E-state index is 4.33. The monoisotopic (exact) mass is 269 g/mol. The normalized spacial score (nSPS) is 13.2. The summed E-state index contributed by atoms with van der Waals surface area (Å²) in [7, 11) is 1.97. The van der Waals surface area contributed by atoms with Crippen molar-refractivity contribution in [3.05, 3.63) is 59.7 Å². The Labute approximate surface area is 121 Å². The zero-order valence-corrected chi connectivity index (χ0v) is 12.7. The highest BCUT2D eigenvalue weighted by Gasteiger charge is 2.14. The van der Waals surface area contributed by atoms with E-state index in [1.54, 1.807) is 12.5 Å². The van der Waals surface area contributed by atoms with Gasteiger partial charge in [-0.1, -0.05) is 45.0 Å². The third kappa shape index (κ3) is 3.64. The summed E-state index contributed by atoms with van der Waals surface area (Å²) in [4.78, 5) is 8.30. The molecule has 0 radical (unpaired) electrons. The molecule has 1 heterocycles. The molecule has 0 spiro atoms. The summed E-state index contributed by atoms with van der Waals surface area (Å²) in [6.45, 7) is 6.71. The molecule has 3 heteroatoms. The van der Waals surface area contributed by atoms with Gasteiger partial charge in [0, 0.05) is 6.20 Å². The van der Waals surface area contributed by atoms with Crippen molar-refractivity contribution in [1.82, 2.24) is 15.3 Å². The smallest absolute Gasteiger partial charge is 0.115 e. The van der Waals surface area contributed by atoms with Crippen LogP contribution in [0.15, 0.2) is 42.9 Å². The van der Waals surface area contributed by atoms with Crippen LogP contribution in [0.3, 0.4) is 0 Å². The maximum Gasteiger partial charge on any atom is 0.115 e. The first kappa shape index (κ1) is 14.7. The summed E-state index contributed by atoms with van der Waals surface area (Å²) in [6.07, 6.45) is 4.32. The highest BCUT2D eigenvalue weighted by atomic mass is 14.9. The van der Waals surface area contributed by atoms with E-state index in [-0.39, 0.29) is 11.5 Å². The van der Waals surface area contributed by atoms with E-state index in [1.807, 2.05) is 13.1 Å². The molecule has 1 unspecified atom stereocenters. The maximum atomic E-state index is 4.33. The third-order valence-electron chi connectivity index (χ3n) is 3.57. The van der Waals surface area contributed by atoms with Crippen molar-refractivity contribution in [2.24, 2.45) is 0 Å². The predicted octanol–water partition coefficient (Wildman–Crippen LogP) is 3.28. The number of nitrogens with one attached hydrogen (secondary N) is 1. The first-order chi connectivity index (χ1) is 9.50. The number of benzene rings is 1. The molecule has 0 fully saturated rings. The van der Waals surface area contributed by atoms with Crippen molar-refractivity contribution in [2.45, 2.75) is 38.6 Å². The van der Waals surface area contributed by atoms with Gasteiger partial charge in [-0.15, -0.1) is 0 Å². The lowest BCUT2D eigenvalue weighted by atomic mass is 9.86. The van der Waals surface area contributed by atoms with E-state index in [0.717, 1.165) is 12.1 Å². The Bertz CT molecular complexity index is 526. The van der Waals surface area contributed by atoms with Crippen LogP contribution in [0.1, 0.15) is 43.6 Å². The van der Waals surface area contributed by atoms with Gasteiger partial charge in [0.1, 0.15) is 6.33 Å². The van der Waals surface area contributed by atoms with E-state index in [0.29, 0.717) is 0 Å². The second-order valence-corrected chi connectivity index (χ2v) is 6.13. The van der Waals surface area contributed by atoms with Crippen molar-refractivity contribution in [1.29, 1.82) is 0 Å². The van der Waals surface area contributed by atoms with E-state index < -0.39 is 0 Å². The lowest BCUT2D eigenvalue weighted by Crippen LogP contribution is -2.20. The van der Waals surface area contributed by atoms with Crippen molar-refractivity contribution in [3.8, 4) is 0 Å². The highest BCUT2D eigenvalue weighted by Crippen LogP contribution is 2.23. The van der Waals surface area contributed by atoms with Crippen LogP contribution in [-0.2, 0) is 11.8 Å². The van der Waals surface area contributed by atoms with Gasteiger partial charge in [0.15, 0.2) is 0 Å². The Morgan fingerprint density at radius 3 is 2.30 bits per heavy atom. The second kappa shape index (κ2) is 6.14. The molecule has 0 amide bonds. The van der Waals surface area contributed by atoms with Crippen LogP contribution in [0.5, 0.6) is 0 Å². The minimum Gasteiger partial charge on any atom is -0.311 e. The number of likely N-dealkylation sites (N-methyl/N-ethyl adjacent to an activating group) is 1. The zero-order valence-electron chi connectivity index (χ0n) is 12.7. The molecule has 106 valence electrons. The fraction of sp³-hybridized carbons (Fsp3) is 0.412. The van der Waals surface area contributed by atoms with Crippen LogP contribution in [-0.4, -0.2) is 17.0 Å². The summed E-state index contributed by atoms with van der Waals surface area (Å²) in [5, 5.41) is 3.32. The molecule has 0 bridgehead atoms. The fourth-order valence-corrected chi connectivity index (χ4v) is 2.24. The fourth-order valence-electron chi connectivity index (χ4n) is 2.24. The first-order valence-corrected chi connectivity index (χ1v) is 7.03. The molecule has 1 N–H and O–H groups in total. The van der Waals surface area contributed by atoms with E-state index in [4.69, 9.17) is 0 Å². The molecule has 20 heavy (non-hydrogen) atoms. The summed E-state index contributed by atoms with van der Waals surface area (Å²) in [6, 6.07) is 11.1. The zero-order chi connectivity index (χ0) is 14.6. The second-order valence-electron chi connectivity index (χ2n) is 6.13. The largest absolute Gasteiger partial charge is 0.311 e. The van der Waals surface area contributed by atoms with E-state index in [2.05, 4.69) is 60.3 Å². The van der Waals surface area contributed by atoms with Crippen molar-refractivity contribution < 1.29 is 0 Å². The van der Waals surface area contributed by atoms with E-state index >= 15 is 0 Å². The van der Waals surface area contributed by atoms with Gasteiger partial charge in [-0.3, -0.25) is 0 Å². The number of hydrogen-bond donors (Lipinski definition) is 1. The highest BCUT2D eigenvalue weighted by molar-refractivity contribution is 5.28. The van der Waals surface area contributed by atoms with Crippen LogP contribution < -0.4 is 5.32 Å². The average Bonchev–Trinajstić information content (AvgIpc) is 2.45. The number of hydrogen-bond acceptors (Lipinski definition) is 3. The molecule has 0 saturated heterocycles. The Morgan fingerprint density at radius 1 is 1.10 bits per heavy atom. The Hall–Kier alpha value is -1.74. The van der Waals surface area contributed by atoms with Gasteiger partial charge in [-0.05, 0) is 36.1 Å². The molecule has 2 aromatic rings. The van der Waals surface area contributed by atoms with Gasteiger partial charge >= 0.3 is 0 Å². The predicted molar refractivity (Wildman–Crippen MR) is 82.7 cm³/mol. The first-order valence-electron chi connectivity index (χ1n) is 7.03. The molecule has 0 saturated carbocycles. The lowest BCUT2D eigenvalue weighted by molar-refractivity contribution is 0.571.